The molecule has 0 saturated heterocycles. The van der Waals surface area contributed by atoms with Gasteiger partial charge in [0.25, 0.3) is 0 Å². The molecule has 3 nitrogen and oxygen atoms in total. The summed E-state index contributed by atoms with van der Waals surface area (Å²) in [7, 11) is 1.73. The minimum Gasteiger partial charge on any atom is -0.496 e. The number of benzene rings is 1. The number of fused-ring (bicyclic) bond motifs is 1. The quantitative estimate of drug-likeness (QED) is 0.817. The van der Waals surface area contributed by atoms with Gasteiger partial charge in [0.2, 0.25) is 0 Å². The van der Waals surface area contributed by atoms with Gasteiger partial charge in [0.15, 0.2) is 0 Å². The molecule has 0 radical (unpaired) electrons. The first-order chi connectivity index (χ1) is 7.70. The van der Waals surface area contributed by atoms with E-state index in [0.29, 0.717) is 12.1 Å². The van der Waals surface area contributed by atoms with Crippen LogP contribution in [0.15, 0.2) is 18.2 Å². The maximum Gasteiger partial charge on any atom is 0.124 e. The van der Waals surface area contributed by atoms with Crippen LogP contribution in [0.25, 0.3) is 0 Å². The maximum atomic E-state index is 5.40. The Morgan fingerprint density at radius 3 is 2.94 bits per heavy atom. The second-order valence-corrected chi connectivity index (χ2v) is 4.59. The van der Waals surface area contributed by atoms with E-state index in [1.165, 1.54) is 11.3 Å². The molecule has 0 amide bonds. The maximum absolute atomic E-state index is 5.40. The average molecular weight is 220 g/mol. The van der Waals surface area contributed by atoms with E-state index in [1.807, 2.05) is 12.1 Å². The van der Waals surface area contributed by atoms with Gasteiger partial charge in [-0.25, -0.2) is 0 Å². The zero-order valence-corrected chi connectivity index (χ0v) is 10.2. The van der Waals surface area contributed by atoms with Gasteiger partial charge >= 0.3 is 0 Å². The number of hydrogen-bond donors (Lipinski definition) is 2. The summed E-state index contributed by atoms with van der Waals surface area (Å²) in [5.41, 5.74) is 2.50. The second-order valence-electron chi connectivity index (χ2n) is 4.59. The van der Waals surface area contributed by atoms with Crippen LogP contribution in [0.5, 0.6) is 5.75 Å². The van der Waals surface area contributed by atoms with Crippen LogP contribution in [-0.4, -0.2) is 25.7 Å². The van der Waals surface area contributed by atoms with Crippen LogP contribution in [0.1, 0.15) is 19.4 Å². The number of nitrogens with one attached hydrogen (secondary N) is 2. The lowest BCUT2D eigenvalue weighted by atomic mass is 9.98. The third-order valence-corrected chi connectivity index (χ3v) is 2.91. The first-order valence-electron chi connectivity index (χ1n) is 5.86. The minimum absolute atomic E-state index is 0.490. The van der Waals surface area contributed by atoms with Crippen LogP contribution < -0.4 is 15.4 Å². The van der Waals surface area contributed by atoms with Crippen LogP contribution in [0.4, 0.5) is 5.69 Å². The van der Waals surface area contributed by atoms with Crippen molar-refractivity contribution in [3.05, 3.63) is 23.8 Å². The first-order valence-corrected chi connectivity index (χ1v) is 5.86. The van der Waals surface area contributed by atoms with Gasteiger partial charge in [-0.05, 0) is 18.6 Å². The molecular formula is C13H20N2O. The third-order valence-electron chi connectivity index (χ3n) is 2.91. The number of rotatable bonds is 3. The number of methoxy groups -OCH3 is 1. The minimum atomic E-state index is 0.490. The van der Waals surface area contributed by atoms with Gasteiger partial charge in [-0.1, -0.05) is 19.9 Å². The molecule has 0 aromatic heterocycles. The number of hydrogen-bond acceptors (Lipinski definition) is 3. The Labute approximate surface area is 97.2 Å². The van der Waals surface area contributed by atoms with Crippen molar-refractivity contribution in [2.24, 2.45) is 0 Å². The van der Waals surface area contributed by atoms with E-state index in [-0.39, 0.29) is 0 Å². The molecular weight excluding hydrogens is 200 g/mol. The molecule has 1 heterocycles. The number of ether oxygens (including phenoxy) is 1. The van der Waals surface area contributed by atoms with Gasteiger partial charge in [0.1, 0.15) is 5.75 Å². The molecule has 16 heavy (non-hydrogen) atoms. The summed E-state index contributed by atoms with van der Waals surface area (Å²) in [6, 6.07) is 7.18. The van der Waals surface area contributed by atoms with Crippen molar-refractivity contribution in [2.45, 2.75) is 32.4 Å². The summed E-state index contributed by atoms with van der Waals surface area (Å²) < 4.78 is 5.40. The summed E-state index contributed by atoms with van der Waals surface area (Å²) in [4.78, 5) is 0. The monoisotopic (exact) mass is 220 g/mol. The third kappa shape index (κ3) is 2.30. The van der Waals surface area contributed by atoms with Gasteiger partial charge in [-0.2, -0.15) is 0 Å². The van der Waals surface area contributed by atoms with E-state index in [9.17, 15) is 0 Å². The molecule has 3 heteroatoms. The lowest BCUT2D eigenvalue weighted by Gasteiger charge is -2.29. The molecule has 2 rings (SSSR count). The summed E-state index contributed by atoms with van der Waals surface area (Å²) in [6.07, 6.45) is 1.03. The summed E-state index contributed by atoms with van der Waals surface area (Å²) in [5.74, 6) is 0.986. The molecule has 88 valence electrons. The van der Waals surface area contributed by atoms with Gasteiger partial charge in [-0.3, -0.25) is 0 Å². The zero-order valence-electron chi connectivity index (χ0n) is 10.2. The van der Waals surface area contributed by atoms with Crippen molar-refractivity contribution in [1.29, 1.82) is 0 Å². The summed E-state index contributed by atoms with van der Waals surface area (Å²) in [5, 5.41) is 7.01. The first kappa shape index (κ1) is 11.3. The van der Waals surface area contributed by atoms with E-state index < -0.39 is 0 Å². The molecule has 1 atom stereocenters. The molecule has 0 spiro atoms. The lowest BCUT2D eigenvalue weighted by Crippen LogP contribution is -2.43. The molecule has 1 unspecified atom stereocenters. The fraction of sp³-hybridized carbons (Fsp3) is 0.538. The van der Waals surface area contributed by atoms with Gasteiger partial charge in [-0.15, -0.1) is 0 Å². The predicted molar refractivity (Wildman–Crippen MR) is 67.2 cm³/mol. The highest BCUT2D eigenvalue weighted by atomic mass is 16.5. The van der Waals surface area contributed by atoms with Crippen LogP contribution in [0, 0.1) is 0 Å². The van der Waals surface area contributed by atoms with E-state index in [4.69, 9.17) is 4.74 Å². The van der Waals surface area contributed by atoms with Gasteiger partial charge in [0.05, 0.1) is 7.11 Å². The molecule has 1 aromatic carbocycles. The van der Waals surface area contributed by atoms with Crippen molar-refractivity contribution in [1.82, 2.24) is 5.32 Å². The van der Waals surface area contributed by atoms with Crippen LogP contribution in [0.3, 0.4) is 0 Å². The lowest BCUT2D eigenvalue weighted by molar-refractivity contribution is 0.400. The summed E-state index contributed by atoms with van der Waals surface area (Å²) >= 11 is 0. The van der Waals surface area contributed by atoms with Gasteiger partial charge < -0.3 is 15.4 Å². The Morgan fingerprint density at radius 2 is 2.25 bits per heavy atom. The Hall–Kier alpha value is -1.22. The highest BCUT2D eigenvalue weighted by Gasteiger charge is 2.21. The zero-order chi connectivity index (χ0) is 11.5. The summed E-state index contributed by atoms with van der Waals surface area (Å²) in [6.45, 7) is 5.34. The van der Waals surface area contributed by atoms with Crippen LogP contribution >= 0.6 is 0 Å². The highest BCUT2D eigenvalue weighted by molar-refractivity contribution is 5.59. The van der Waals surface area contributed by atoms with E-state index in [0.717, 1.165) is 18.7 Å². The van der Waals surface area contributed by atoms with Crippen molar-refractivity contribution < 1.29 is 4.74 Å². The molecule has 1 aliphatic rings. The molecule has 2 N–H and O–H groups in total. The second kappa shape index (κ2) is 4.74. The van der Waals surface area contributed by atoms with E-state index >= 15 is 0 Å². The standard InChI is InChI=1S/C13H20N2O/c1-9(2)15-10-7-11-12(14-8-10)5-4-6-13(11)16-3/h4-6,9-10,14-15H,7-8H2,1-3H3. The molecule has 0 aliphatic carbocycles. The van der Waals surface area contributed by atoms with E-state index in [1.54, 1.807) is 7.11 Å². The van der Waals surface area contributed by atoms with Crippen LogP contribution in [0.2, 0.25) is 0 Å². The van der Waals surface area contributed by atoms with Crippen LogP contribution in [-0.2, 0) is 6.42 Å². The Morgan fingerprint density at radius 1 is 1.44 bits per heavy atom. The van der Waals surface area contributed by atoms with Crippen molar-refractivity contribution >= 4 is 5.69 Å². The smallest absolute Gasteiger partial charge is 0.124 e. The molecule has 1 aliphatic heterocycles. The average Bonchev–Trinajstić information content (AvgIpc) is 2.27. The van der Waals surface area contributed by atoms with E-state index in [2.05, 4.69) is 30.5 Å². The fourth-order valence-corrected chi connectivity index (χ4v) is 2.27. The molecule has 0 bridgehead atoms. The van der Waals surface area contributed by atoms with Crippen molar-refractivity contribution in [2.75, 3.05) is 19.0 Å². The molecule has 0 saturated carbocycles. The van der Waals surface area contributed by atoms with Crippen molar-refractivity contribution in [3.63, 3.8) is 0 Å². The Kier molecular flexibility index (Phi) is 3.34. The normalized spacial score (nSPS) is 19.1. The largest absolute Gasteiger partial charge is 0.496 e. The highest BCUT2D eigenvalue weighted by Crippen LogP contribution is 2.30. The number of anilines is 1. The predicted octanol–water partition coefficient (Wildman–Crippen LogP) is 2.03. The fourth-order valence-electron chi connectivity index (χ4n) is 2.27. The Balaban J connectivity index is 2.18. The van der Waals surface area contributed by atoms with Gasteiger partial charge in [0, 0.05) is 29.9 Å². The Bertz CT molecular complexity index is 349. The van der Waals surface area contributed by atoms with Crippen molar-refractivity contribution in [3.8, 4) is 5.75 Å². The molecule has 1 aromatic rings. The topological polar surface area (TPSA) is 33.3 Å². The SMILES string of the molecule is COc1cccc2c1CC(NC(C)C)CN2. The molecule has 0 fully saturated rings.